The molecule has 1 rings (SSSR count). The number of hydrogen-bond donors (Lipinski definition) is 2. The third-order valence-electron chi connectivity index (χ3n) is 1.73. The Labute approximate surface area is 85.8 Å². The Morgan fingerprint density at radius 1 is 1.50 bits per heavy atom. The van der Waals surface area contributed by atoms with E-state index >= 15 is 0 Å². The Bertz CT molecular complexity index is 336. The molecule has 0 aliphatic rings. The molecule has 76 valence electrons. The molecule has 4 N–H and O–H groups in total. The largest absolute Gasteiger partial charge is 0.370 e. The molecule has 1 amide bonds. The number of carbonyl (C=O) groups excluding carboxylic acids is 1. The Morgan fingerprint density at radius 2 is 2.14 bits per heavy atom. The van der Waals surface area contributed by atoms with Crippen LogP contribution in [-0.2, 0) is 4.79 Å². The second-order valence-corrected chi connectivity index (χ2v) is 3.42. The van der Waals surface area contributed by atoms with Gasteiger partial charge in [0.2, 0.25) is 5.91 Å². The summed E-state index contributed by atoms with van der Waals surface area (Å²) in [6.07, 6.45) is -0.0280. The fourth-order valence-corrected chi connectivity index (χ4v) is 1.35. The van der Waals surface area contributed by atoms with Crippen LogP contribution in [0.3, 0.4) is 0 Å². The SMILES string of the molecule is NC(=O)CC(N)c1cc(F)cc(Cl)c1. The van der Waals surface area contributed by atoms with Gasteiger partial charge in [-0.1, -0.05) is 11.6 Å². The van der Waals surface area contributed by atoms with Gasteiger partial charge in [0.25, 0.3) is 0 Å². The zero-order valence-electron chi connectivity index (χ0n) is 7.34. The van der Waals surface area contributed by atoms with Crippen molar-refractivity contribution in [3.63, 3.8) is 0 Å². The highest BCUT2D eigenvalue weighted by atomic mass is 35.5. The number of primary amides is 1. The van der Waals surface area contributed by atoms with Crippen LogP contribution >= 0.6 is 11.6 Å². The number of hydrogen-bond acceptors (Lipinski definition) is 2. The van der Waals surface area contributed by atoms with E-state index in [1.54, 1.807) is 0 Å². The third-order valence-corrected chi connectivity index (χ3v) is 1.95. The van der Waals surface area contributed by atoms with Gasteiger partial charge in [0.15, 0.2) is 0 Å². The summed E-state index contributed by atoms with van der Waals surface area (Å²) in [5, 5.41) is 0.250. The van der Waals surface area contributed by atoms with E-state index in [2.05, 4.69) is 0 Å². The Kier molecular flexibility index (Phi) is 3.43. The molecule has 0 heterocycles. The minimum Gasteiger partial charge on any atom is -0.370 e. The minimum absolute atomic E-state index is 0.0280. The predicted octanol–water partition coefficient (Wildman–Crippen LogP) is 1.35. The topological polar surface area (TPSA) is 69.1 Å². The van der Waals surface area contributed by atoms with Crippen molar-refractivity contribution in [2.24, 2.45) is 11.5 Å². The van der Waals surface area contributed by atoms with E-state index < -0.39 is 17.8 Å². The second kappa shape index (κ2) is 4.39. The van der Waals surface area contributed by atoms with Gasteiger partial charge in [-0.25, -0.2) is 4.39 Å². The maximum atomic E-state index is 12.9. The van der Waals surface area contributed by atoms with E-state index in [9.17, 15) is 9.18 Å². The lowest BCUT2D eigenvalue weighted by Gasteiger charge is -2.10. The number of amides is 1. The smallest absolute Gasteiger partial charge is 0.219 e. The van der Waals surface area contributed by atoms with Gasteiger partial charge in [-0.15, -0.1) is 0 Å². The van der Waals surface area contributed by atoms with Crippen LogP contribution < -0.4 is 11.5 Å². The predicted molar refractivity (Wildman–Crippen MR) is 52.1 cm³/mol. The van der Waals surface area contributed by atoms with Crippen LogP contribution in [0.15, 0.2) is 18.2 Å². The van der Waals surface area contributed by atoms with E-state index in [-0.39, 0.29) is 11.4 Å². The summed E-state index contributed by atoms with van der Waals surface area (Å²) in [6, 6.07) is 3.31. The lowest BCUT2D eigenvalue weighted by molar-refractivity contribution is -0.118. The van der Waals surface area contributed by atoms with Crippen molar-refractivity contribution in [1.82, 2.24) is 0 Å². The molecule has 14 heavy (non-hydrogen) atoms. The lowest BCUT2D eigenvalue weighted by atomic mass is 10.0. The molecule has 0 bridgehead atoms. The van der Waals surface area contributed by atoms with Gasteiger partial charge in [0.1, 0.15) is 5.82 Å². The Balaban J connectivity index is 2.89. The molecule has 0 aliphatic carbocycles. The second-order valence-electron chi connectivity index (χ2n) is 2.98. The van der Waals surface area contributed by atoms with Crippen molar-refractivity contribution in [3.8, 4) is 0 Å². The van der Waals surface area contributed by atoms with E-state index in [4.69, 9.17) is 23.1 Å². The van der Waals surface area contributed by atoms with Crippen LogP contribution in [0, 0.1) is 5.82 Å². The molecule has 1 unspecified atom stereocenters. The first-order valence-corrected chi connectivity index (χ1v) is 4.36. The summed E-state index contributed by atoms with van der Waals surface area (Å²) in [7, 11) is 0. The van der Waals surface area contributed by atoms with Gasteiger partial charge in [-0.2, -0.15) is 0 Å². The highest BCUT2D eigenvalue weighted by molar-refractivity contribution is 6.30. The van der Waals surface area contributed by atoms with E-state index in [1.165, 1.54) is 18.2 Å². The van der Waals surface area contributed by atoms with Gasteiger partial charge in [-0.05, 0) is 23.8 Å². The molecule has 5 heteroatoms. The van der Waals surface area contributed by atoms with Crippen molar-refractivity contribution < 1.29 is 9.18 Å². The summed E-state index contributed by atoms with van der Waals surface area (Å²) in [5.74, 6) is -1.01. The van der Waals surface area contributed by atoms with Crippen LogP contribution in [0.2, 0.25) is 5.02 Å². The number of nitrogens with two attached hydrogens (primary N) is 2. The zero-order chi connectivity index (χ0) is 10.7. The number of rotatable bonds is 3. The minimum atomic E-state index is -0.610. The molecule has 0 aliphatic heterocycles. The summed E-state index contributed by atoms with van der Waals surface area (Å²) < 4.78 is 12.9. The number of halogens is 2. The molecule has 0 radical (unpaired) electrons. The molecule has 0 spiro atoms. The highest BCUT2D eigenvalue weighted by Gasteiger charge is 2.10. The average Bonchev–Trinajstić information content (AvgIpc) is 2.00. The van der Waals surface area contributed by atoms with Crippen LogP contribution in [-0.4, -0.2) is 5.91 Å². The van der Waals surface area contributed by atoms with E-state index in [0.29, 0.717) is 5.56 Å². The highest BCUT2D eigenvalue weighted by Crippen LogP contribution is 2.20. The maximum Gasteiger partial charge on any atom is 0.219 e. The van der Waals surface area contributed by atoms with E-state index in [1.807, 2.05) is 0 Å². The molecule has 0 saturated carbocycles. The molecule has 1 atom stereocenters. The fraction of sp³-hybridized carbons (Fsp3) is 0.222. The summed E-state index contributed by atoms with van der Waals surface area (Å²) in [4.78, 5) is 10.6. The van der Waals surface area contributed by atoms with Crippen molar-refractivity contribution in [2.75, 3.05) is 0 Å². The standard InChI is InChI=1S/C9H10ClFN2O/c10-6-1-5(2-7(11)3-6)8(12)4-9(13)14/h1-3,8H,4,12H2,(H2,13,14). The molecular weight excluding hydrogens is 207 g/mol. The van der Waals surface area contributed by atoms with E-state index in [0.717, 1.165) is 0 Å². The first-order chi connectivity index (χ1) is 6.49. The molecular formula is C9H10ClFN2O. The van der Waals surface area contributed by atoms with Gasteiger partial charge in [-0.3, -0.25) is 4.79 Å². The van der Waals surface area contributed by atoms with Crippen LogP contribution in [0.4, 0.5) is 4.39 Å². The maximum absolute atomic E-state index is 12.9. The van der Waals surface area contributed by atoms with Gasteiger partial charge in [0, 0.05) is 17.5 Å². The van der Waals surface area contributed by atoms with Crippen molar-refractivity contribution >= 4 is 17.5 Å². The number of benzene rings is 1. The monoisotopic (exact) mass is 216 g/mol. The van der Waals surface area contributed by atoms with Crippen LogP contribution in [0.5, 0.6) is 0 Å². The van der Waals surface area contributed by atoms with Crippen LogP contribution in [0.1, 0.15) is 18.0 Å². The van der Waals surface area contributed by atoms with Gasteiger partial charge < -0.3 is 11.5 Å². The molecule has 1 aromatic carbocycles. The number of carbonyl (C=O) groups is 1. The first-order valence-electron chi connectivity index (χ1n) is 3.99. The summed E-state index contributed by atoms with van der Waals surface area (Å²) in [6.45, 7) is 0. The fourth-order valence-electron chi connectivity index (χ4n) is 1.12. The Morgan fingerprint density at radius 3 is 2.64 bits per heavy atom. The normalized spacial score (nSPS) is 12.5. The molecule has 0 fully saturated rings. The summed E-state index contributed by atoms with van der Waals surface area (Å²) in [5.41, 5.74) is 11.0. The summed E-state index contributed by atoms with van der Waals surface area (Å²) >= 11 is 5.62. The quantitative estimate of drug-likeness (QED) is 0.801. The first kappa shape index (κ1) is 10.9. The molecule has 0 saturated heterocycles. The third kappa shape index (κ3) is 2.97. The van der Waals surface area contributed by atoms with Crippen molar-refractivity contribution in [2.45, 2.75) is 12.5 Å². The molecule has 3 nitrogen and oxygen atoms in total. The van der Waals surface area contributed by atoms with Gasteiger partial charge >= 0.3 is 0 Å². The Hall–Kier alpha value is -1.13. The van der Waals surface area contributed by atoms with Gasteiger partial charge in [0.05, 0.1) is 0 Å². The van der Waals surface area contributed by atoms with Crippen molar-refractivity contribution in [3.05, 3.63) is 34.6 Å². The van der Waals surface area contributed by atoms with Crippen molar-refractivity contribution in [1.29, 1.82) is 0 Å². The zero-order valence-corrected chi connectivity index (χ0v) is 8.09. The lowest BCUT2D eigenvalue weighted by Crippen LogP contribution is -2.20. The molecule has 1 aromatic rings. The van der Waals surface area contributed by atoms with Crippen LogP contribution in [0.25, 0.3) is 0 Å². The average molecular weight is 217 g/mol. The molecule has 0 aromatic heterocycles.